The van der Waals surface area contributed by atoms with Gasteiger partial charge in [-0.05, 0) is 25.2 Å². The molecule has 0 spiro atoms. The molecule has 5 nitrogen and oxygen atoms in total. The summed E-state index contributed by atoms with van der Waals surface area (Å²) in [6.07, 6.45) is 0.0689. The van der Waals surface area contributed by atoms with Gasteiger partial charge >= 0.3 is 0 Å². The van der Waals surface area contributed by atoms with Crippen molar-refractivity contribution in [2.75, 3.05) is 20.8 Å². The van der Waals surface area contributed by atoms with Crippen molar-refractivity contribution >= 4 is 0 Å². The number of hydrogen-bond donors (Lipinski definition) is 3. The molecule has 19 heavy (non-hydrogen) atoms. The lowest BCUT2D eigenvalue weighted by atomic mass is 9.71. The third-order valence-corrected chi connectivity index (χ3v) is 4.18. The second-order valence-corrected chi connectivity index (χ2v) is 5.35. The Morgan fingerprint density at radius 1 is 1.11 bits per heavy atom. The first-order chi connectivity index (χ1) is 8.97. The molecule has 0 unspecified atom stereocenters. The van der Waals surface area contributed by atoms with Crippen LogP contribution in [-0.2, 0) is 9.47 Å². The number of aliphatic hydroxyl groups excluding tert-OH is 3. The first-order valence-corrected chi connectivity index (χ1v) is 6.66. The Labute approximate surface area is 114 Å². The van der Waals surface area contributed by atoms with Crippen LogP contribution in [0, 0.1) is 11.8 Å². The molecule has 0 saturated heterocycles. The smallest absolute Gasteiger partial charge is 0.112 e. The monoisotopic (exact) mass is 274 g/mol. The van der Waals surface area contributed by atoms with Gasteiger partial charge in [-0.1, -0.05) is 18.6 Å². The average molecular weight is 274 g/mol. The van der Waals surface area contributed by atoms with Crippen molar-refractivity contribution in [3.8, 4) is 0 Å². The predicted octanol–water partition coefficient (Wildman–Crippen LogP) is 0.333. The van der Waals surface area contributed by atoms with E-state index in [1.807, 2.05) is 19.9 Å². The minimum atomic E-state index is -0.698. The van der Waals surface area contributed by atoms with Crippen molar-refractivity contribution in [1.29, 1.82) is 0 Å². The van der Waals surface area contributed by atoms with Crippen molar-refractivity contribution < 1.29 is 24.8 Å². The number of methoxy groups -OCH3 is 2. The Bertz CT molecular complexity index is 304. The second kappa shape index (κ2) is 7.36. The van der Waals surface area contributed by atoms with Gasteiger partial charge in [-0.2, -0.15) is 0 Å². The molecular formula is C14H26O5. The zero-order valence-electron chi connectivity index (χ0n) is 12.1. The minimum absolute atomic E-state index is 0.00809. The zero-order valence-corrected chi connectivity index (χ0v) is 12.1. The molecule has 112 valence electrons. The van der Waals surface area contributed by atoms with Gasteiger partial charge < -0.3 is 24.8 Å². The molecule has 0 bridgehead atoms. The van der Waals surface area contributed by atoms with Crippen LogP contribution in [0.5, 0.6) is 0 Å². The van der Waals surface area contributed by atoms with Crippen LogP contribution in [0.1, 0.15) is 20.3 Å². The van der Waals surface area contributed by atoms with E-state index in [2.05, 4.69) is 0 Å². The van der Waals surface area contributed by atoms with E-state index in [0.29, 0.717) is 6.42 Å². The van der Waals surface area contributed by atoms with Crippen LogP contribution in [0.3, 0.4) is 0 Å². The molecule has 3 N–H and O–H groups in total. The summed E-state index contributed by atoms with van der Waals surface area (Å²) < 4.78 is 10.5. The molecule has 1 rings (SSSR count). The fraction of sp³-hybridized carbons (Fsp3) is 0.857. The molecule has 6 atom stereocenters. The molecule has 5 heteroatoms. The fourth-order valence-electron chi connectivity index (χ4n) is 2.80. The molecule has 1 fully saturated rings. The summed E-state index contributed by atoms with van der Waals surface area (Å²) in [5, 5.41) is 29.7. The van der Waals surface area contributed by atoms with Crippen LogP contribution in [0.25, 0.3) is 0 Å². The van der Waals surface area contributed by atoms with Crippen LogP contribution in [-0.4, -0.2) is 60.6 Å². The van der Waals surface area contributed by atoms with Crippen LogP contribution < -0.4 is 0 Å². The van der Waals surface area contributed by atoms with E-state index in [9.17, 15) is 10.2 Å². The van der Waals surface area contributed by atoms with Gasteiger partial charge in [-0.3, -0.25) is 0 Å². The van der Waals surface area contributed by atoms with Gasteiger partial charge in [0.15, 0.2) is 0 Å². The Balaban J connectivity index is 2.86. The summed E-state index contributed by atoms with van der Waals surface area (Å²) in [6, 6.07) is 0. The number of rotatable bonds is 5. The van der Waals surface area contributed by atoms with Crippen molar-refractivity contribution in [2.24, 2.45) is 11.8 Å². The van der Waals surface area contributed by atoms with E-state index in [1.54, 1.807) is 0 Å². The molecule has 0 amide bonds. The first-order valence-electron chi connectivity index (χ1n) is 6.66. The van der Waals surface area contributed by atoms with Crippen LogP contribution in [0.2, 0.25) is 0 Å². The summed E-state index contributed by atoms with van der Waals surface area (Å²) in [5.74, 6) is -0.220. The lowest BCUT2D eigenvalue weighted by molar-refractivity contribution is -0.198. The van der Waals surface area contributed by atoms with Crippen molar-refractivity contribution in [3.05, 3.63) is 11.6 Å². The Kier molecular flexibility index (Phi) is 6.42. The fourth-order valence-corrected chi connectivity index (χ4v) is 2.80. The van der Waals surface area contributed by atoms with Crippen LogP contribution in [0.15, 0.2) is 11.6 Å². The first kappa shape index (κ1) is 16.6. The van der Waals surface area contributed by atoms with Gasteiger partial charge in [0, 0.05) is 14.2 Å². The predicted molar refractivity (Wildman–Crippen MR) is 71.7 cm³/mol. The number of aliphatic hydroxyl groups is 3. The molecule has 0 heterocycles. The van der Waals surface area contributed by atoms with Crippen LogP contribution in [0.4, 0.5) is 0 Å². The van der Waals surface area contributed by atoms with Gasteiger partial charge in [0.2, 0.25) is 0 Å². The molecule has 0 aromatic heterocycles. The van der Waals surface area contributed by atoms with E-state index < -0.39 is 24.4 Å². The Morgan fingerprint density at radius 3 is 2.11 bits per heavy atom. The number of ether oxygens (including phenoxy) is 2. The third kappa shape index (κ3) is 3.55. The highest BCUT2D eigenvalue weighted by Crippen LogP contribution is 2.36. The maximum atomic E-state index is 10.4. The normalized spacial score (nSPS) is 40.5. The van der Waals surface area contributed by atoms with Crippen molar-refractivity contribution in [3.63, 3.8) is 0 Å². The van der Waals surface area contributed by atoms with Crippen LogP contribution >= 0.6 is 0 Å². The lowest BCUT2D eigenvalue weighted by Gasteiger charge is -2.45. The van der Waals surface area contributed by atoms with Gasteiger partial charge in [0.05, 0.1) is 18.8 Å². The van der Waals surface area contributed by atoms with Gasteiger partial charge in [0.1, 0.15) is 12.2 Å². The highest BCUT2D eigenvalue weighted by atomic mass is 16.5. The van der Waals surface area contributed by atoms with Crippen molar-refractivity contribution in [1.82, 2.24) is 0 Å². The molecule has 1 aliphatic rings. The molecule has 1 saturated carbocycles. The van der Waals surface area contributed by atoms with Gasteiger partial charge in [-0.25, -0.2) is 0 Å². The molecule has 0 aromatic rings. The number of hydrogen-bond acceptors (Lipinski definition) is 5. The van der Waals surface area contributed by atoms with Gasteiger partial charge in [0.25, 0.3) is 0 Å². The molecule has 1 aliphatic carbocycles. The molecular weight excluding hydrogens is 248 g/mol. The average Bonchev–Trinajstić information content (AvgIpc) is 2.41. The van der Waals surface area contributed by atoms with E-state index in [-0.39, 0.29) is 18.4 Å². The quantitative estimate of drug-likeness (QED) is 0.630. The maximum Gasteiger partial charge on any atom is 0.112 e. The summed E-state index contributed by atoms with van der Waals surface area (Å²) in [5.41, 5.74) is 0.858. The highest BCUT2D eigenvalue weighted by molar-refractivity contribution is 5.04. The largest absolute Gasteiger partial charge is 0.392 e. The minimum Gasteiger partial charge on any atom is -0.392 e. The lowest BCUT2D eigenvalue weighted by Crippen LogP contribution is -2.59. The van der Waals surface area contributed by atoms with E-state index in [4.69, 9.17) is 14.6 Å². The third-order valence-electron chi connectivity index (χ3n) is 4.18. The van der Waals surface area contributed by atoms with Crippen molar-refractivity contribution in [2.45, 2.75) is 44.7 Å². The summed E-state index contributed by atoms with van der Waals surface area (Å²) in [6.45, 7) is 3.74. The summed E-state index contributed by atoms with van der Waals surface area (Å²) in [7, 11) is 3.02. The van der Waals surface area contributed by atoms with E-state index in [0.717, 1.165) is 5.57 Å². The zero-order chi connectivity index (χ0) is 14.6. The maximum absolute atomic E-state index is 10.4. The summed E-state index contributed by atoms with van der Waals surface area (Å²) >= 11 is 0. The SMILES string of the molecule is CO[C@@H]1[C@@H](O)[C@@H](C/C=C(\C)CO)[C@H](C)[C@@H](O)[C@@H]1OC. The topological polar surface area (TPSA) is 79.2 Å². The van der Waals surface area contributed by atoms with E-state index >= 15 is 0 Å². The molecule has 0 radical (unpaired) electrons. The number of allylic oxidation sites excluding steroid dienone is 1. The van der Waals surface area contributed by atoms with Gasteiger partial charge in [-0.15, -0.1) is 0 Å². The molecule has 0 aliphatic heterocycles. The molecule has 0 aromatic carbocycles. The Hall–Kier alpha value is -0.460. The second-order valence-electron chi connectivity index (χ2n) is 5.35. The summed E-state index contributed by atoms with van der Waals surface area (Å²) in [4.78, 5) is 0. The highest BCUT2D eigenvalue weighted by Gasteiger charge is 2.47. The standard InChI is InChI=1S/C14H26O5/c1-8(7-15)5-6-10-9(2)11(16)13(18-3)14(19-4)12(10)17/h5,9-17H,6-7H2,1-4H3/b8-5+/t9-,10-,11+,12-,13-,14+/m0/s1. The Morgan fingerprint density at radius 2 is 1.63 bits per heavy atom. The van der Waals surface area contributed by atoms with E-state index in [1.165, 1.54) is 14.2 Å².